The van der Waals surface area contributed by atoms with Crippen LogP contribution in [-0.2, 0) is 20.9 Å². The first-order chi connectivity index (χ1) is 20.1. The highest BCUT2D eigenvalue weighted by Gasteiger charge is 2.39. The Morgan fingerprint density at radius 1 is 1.12 bits per heavy atom. The number of rotatable bonds is 15. The zero-order valence-corrected chi connectivity index (χ0v) is 25.0. The number of ether oxygens (including phenoxy) is 2. The molecule has 0 spiro atoms. The van der Waals surface area contributed by atoms with Gasteiger partial charge in [-0.25, -0.2) is 4.79 Å². The largest absolute Gasteiger partial charge is 0.491 e. The van der Waals surface area contributed by atoms with E-state index in [0.29, 0.717) is 30.0 Å². The van der Waals surface area contributed by atoms with E-state index in [-0.39, 0.29) is 43.8 Å². The van der Waals surface area contributed by atoms with Crippen molar-refractivity contribution in [3.63, 3.8) is 0 Å². The third kappa shape index (κ3) is 10.9. The number of aliphatic hydroxyl groups excluding tert-OH is 3. The Morgan fingerprint density at radius 2 is 1.90 bits per heavy atom. The average molecular weight is 600 g/mol. The van der Waals surface area contributed by atoms with Gasteiger partial charge in [0.2, 0.25) is 5.91 Å². The third-order valence-electron chi connectivity index (χ3n) is 7.40. The van der Waals surface area contributed by atoms with Crippen molar-refractivity contribution in [3.05, 3.63) is 89.0 Å². The van der Waals surface area contributed by atoms with Crippen molar-refractivity contribution in [1.82, 2.24) is 5.32 Å². The maximum atomic E-state index is 12.3. The van der Waals surface area contributed by atoms with Crippen molar-refractivity contribution < 1.29 is 34.4 Å². The van der Waals surface area contributed by atoms with Gasteiger partial charge in [-0.2, -0.15) is 0 Å². The first kappa shape index (κ1) is 33.3. The number of halogens is 1. The fourth-order valence-electron chi connectivity index (χ4n) is 4.93. The average Bonchev–Trinajstić information content (AvgIpc) is 3.23. The number of amides is 1. The molecule has 0 radical (unpaired) electrons. The molecule has 6 atom stereocenters. The lowest BCUT2D eigenvalue weighted by Gasteiger charge is -2.19. The van der Waals surface area contributed by atoms with Gasteiger partial charge in [0.25, 0.3) is 0 Å². The van der Waals surface area contributed by atoms with Crippen molar-refractivity contribution in [2.24, 2.45) is 11.8 Å². The second-order valence-corrected chi connectivity index (χ2v) is 11.2. The summed E-state index contributed by atoms with van der Waals surface area (Å²) in [5.74, 6) is -0.640. The Bertz CT molecular complexity index is 1220. The summed E-state index contributed by atoms with van der Waals surface area (Å²) in [5.41, 5.74) is 1.96. The van der Waals surface area contributed by atoms with Crippen molar-refractivity contribution in [2.45, 2.75) is 76.9 Å². The number of nitrogens with one attached hydrogen (secondary N) is 1. The molecule has 1 aliphatic rings. The van der Waals surface area contributed by atoms with Crippen LogP contribution < -0.4 is 10.1 Å². The van der Waals surface area contributed by atoms with Gasteiger partial charge in [-0.1, -0.05) is 66.2 Å². The van der Waals surface area contributed by atoms with Crippen LogP contribution in [-0.4, -0.2) is 58.2 Å². The summed E-state index contributed by atoms with van der Waals surface area (Å²) in [6.45, 7) is 3.76. The van der Waals surface area contributed by atoms with Gasteiger partial charge in [-0.05, 0) is 68.4 Å². The third-order valence-corrected chi connectivity index (χ3v) is 7.64. The van der Waals surface area contributed by atoms with Crippen LogP contribution in [0.25, 0.3) is 0 Å². The van der Waals surface area contributed by atoms with Gasteiger partial charge in [-0.15, -0.1) is 0 Å². The van der Waals surface area contributed by atoms with E-state index < -0.39 is 30.3 Å². The number of aryl methyl sites for hydroxylation is 1. The minimum atomic E-state index is -0.881. The molecule has 0 heterocycles. The number of carbonyl (C=O) groups is 2. The Hall–Kier alpha value is -3.17. The lowest BCUT2D eigenvalue weighted by molar-refractivity contribution is -0.148. The number of hydrogen-bond donors (Lipinski definition) is 4. The van der Waals surface area contributed by atoms with Gasteiger partial charge in [0.05, 0.1) is 12.2 Å². The number of hydrogen-bond acceptors (Lipinski definition) is 7. The van der Waals surface area contributed by atoms with E-state index in [2.05, 4.69) is 5.32 Å². The van der Waals surface area contributed by atoms with Gasteiger partial charge in [0.1, 0.15) is 31.1 Å². The molecule has 1 aliphatic carbocycles. The molecule has 2 aromatic rings. The smallest absolute Gasteiger partial charge is 0.328 e. The number of carbonyl (C=O) groups excluding carboxylic acids is 2. The van der Waals surface area contributed by atoms with E-state index in [1.54, 1.807) is 43.3 Å². The van der Waals surface area contributed by atoms with E-state index in [1.807, 2.05) is 43.3 Å². The molecule has 8 nitrogen and oxygen atoms in total. The molecule has 1 amide bonds. The van der Waals surface area contributed by atoms with Crippen molar-refractivity contribution in [2.75, 3.05) is 6.61 Å². The zero-order valence-electron chi connectivity index (χ0n) is 24.2. The molecule has 1 saturated carbocycles. The van der Waals surface area contributed by atoms with Crippen molar-refractivity contribution in [1.29, 1.82) is 0 Å². The minimum Gasteiger partial charge on any atom is -0.491 e. The summed E-state index contributed by atoms with van der Waals surface area (Å²) < 4.78 is 10.9. The Balaban J connectivity index is 1.35. The molecule has 9 heteroatoms. The molecule has 0 aliphatic heterocycles. The molecule has 1 unspecified atom stereocenters. The monoisotopic (exact) mass is 599 g/mol. The number of benzene rings is 2. The number of aliphatic hydroxyl groups is 3. The van der Waals surface area contributed by atoms with Crippen molar-refractivity contribution >= 4 is 23.5 Å². The number of unbranched alkanes of at least 4 members (excludes halogenated alkanes) is 1. The quantitative estimate of drug-likeness (QED) is 0.133. The molecule has 4 N–H and O–H groups in total. The Labute approximate surface area is 253 Å². The Morgan fingerprint density at radius 3 is 2.67 bits per heavy atom. The highest BCUT2D eigenvalue weighted by atomic mass is 35.5. The first-order valence-corrected chi connectivity index (χ1v) is 14.8. The van der Waals surface area contributed by atoms with Crippen LogP contribution in [0.4, 0.5) is 0 Å². The van der Waals surface area contributed by atoms with E-state index >= 15 is 0 Å². The molecule has 1 fully saturated rings. The van der Waals surface area contributed by atoms with Crippen LogP contribution in [0.3, 0.4) is 0 Å². The van der Waals surface area contributed by atoms with Gasteiger partial charge in [-0.3, -0.25) is 4.79 Å². The fraction of sp³-hybridized carbons (Fsp3) is 0.455. The molecule has 0 aromatic heterocycles. The summed E-state index contributed by atoms with van der Waals surface area (Å²) >= 11 is 5.95. The molecule has 0 saturated heterocycles. The van der Waals surface area contributed by atoms with Crippen LogP contribution in [0.1, 0.15) is 50.2 Å². The van der Waals surface area contributed by atoms with Gasteiger partial charge in [0.15, 0.2) is 0 Å². The first-order valence-electron chi connectivity index (χ1n) is 14.4. The predicted octanol–water partition coefficient (Wildman–Crippen LogP) is 4.67. The molecular weight excluding hydrogens is 558 g/mol. The van der Waals surface area contributed by atoms with Crippen LogP contribution in [0.5, 0.6) is 5.75 Å². The summed E-state index contributed by atoms with van der Waals surface area (Å²) in [6.07, 6.45) is 7.37. The lowest BCUT2D eigenvalue weighted by atomic mass is 9.89. The maximum Gasteiger partial charge on any atom is 0.328 e. The van der Waals surface area contributed by atoms with Crippen LogP contribution in [0, 0.1) is 18.8 Å². The molecule has 2 aromatic carbocycles. The molecule has 42 heavy (non-hydrogen) atoms. The SMILES string of the molecule is Cc1ccccc1COC(=O)C(C)NC(=O)CCC/C=C\C[C@@H]1[C@@H](/C=C/[C@@H](O)COc2cccc(Cl)c2)[C@H](O)C[C@@H]1O. The number of esters is 1. The second-order valence-electron chi connectivity index (χ2n) is 10.8. The van der Waals surface area contributed by atoms with E-state index in [9.17, 15) is 24.9 Å². The summed E-state index contributed by atoms with van der Waals surface area (Å²) in [6, 6.07) is 13.8. The normalized spacial score (nSPS) is 21.9. The second kappa shape index (κ2) is 17.1. The van der Waals surface area contributed by atoms with Crippen molar-refractivity contribution in [3.8, 4) is 5.75 Å². The molecule has 228 valence electrons. The summed E-state index contributed by atoms with van der Waals surface area (Å²) in [4.78, 5) is 24.5. The van der Waals surface area contributed by atoms with Crippen LogP contribution >= 0.6 is 11.6 Å². The van der Waals surface area contributed by atoms with Gasteiger partial charge < -0.3 is 30.1 Å². The lowest BCUT2D eigenvalue weighted by Crippen LogP contribution is -2.39. The number of allylic oxidation sites excluding steroid dienone is 2. The minimum absolute atomic E-state index is 0.0354. The summed E-state index contributed by atoms with van der Waals surface area (Å²) in [7, 11) is 0. The highest BCUT2D eigenvalue weighted by Crippen LogP contribution is 2.36. The van der Waals surface area contributed by atoms with Gasteiger partial charge >= 0.3 is 5.97 Å². The fourth-order valence-corrected chi connectivity index (χ4v) is 5.11. The van der Waals surface area contributed by atoms with Crippen LogP contribution in [0.2, 0.25) is 5.02 Å². The molecule has 3 rings (SSSR count). The molecular formula is C33H42ClNO7. The van der Waals surface area contributed by atoms with Gasteiger partial charge in [0, 0.05) is 23.8 Å². The molecule has 0 bridgehead atoms. The van der Waals surface area contributed by atoms with E-state index in [4.69, 9.17) is 21.1 Å². The standard InChI is InChI=1S/C33H42ClNO7/c1-22-10-7-8-11-24(22)20-42-33(40)23(2)35-32(39)15-6-4-3-5-14-28-29(31(38)19-30(28)37)17-16-26(36)21-41-27-13-9-12-25(34)18-27/h3,5,7-13,16-18,23,26,28-31,36-38H,4,6,14-15,19-21H2,1-2H3,(H,35,39)/b5-3-,17-16+/t23?,26-,28-,29-,30+,31-/m1/s1. The Kier molecular flexibility index (Phi) is 13.5. The zero-order chi connectivity index (χ0) is 30.5. The predicted molar refractivity (Wildman–Crippen MR) is 162 cm³/mol. The topological polar surface area (TPSA) is 125 Å². The van der Waals surface area contributed by atoms with E-state index in [0.717, 1.165) is 11.1 Å². The highest BCUT2D eigenvalue weighted by molar-refractivity contribution is 6.30. The van der Waals surface area contributed by atoms with E-state index in [1.165, 1.54) is 0 Å². The maximum absolute atomic E-state index is 12.3. The van der Waals surface area contributed by atoms with Crippen LogP contribution in [0.15, 0.2) is 72.8 Å². The summed E-state index contributed by atoms with van der Waals surface area (Å²) in [5, 5.41) is 34.5.